The van der Waals surface area contributed by atoms with Gasteiger partial charge in [0.25, 0.3) is 0 Å². The Morgan fingerprint density at radius 1 is 1.00 bits per heavy atom. The van der Waals surface area contributed by atoms with Crippen LogP contribution in [-0.2, 0) is 14.3 Å². The minimum Gasteiger partial charge on any atom is -0.378 e. The molecule has 0 aliphatic rings. The Labute approximate surface area is 112 Å². The molecule has 2 N–H and O–H groups in total. The fraction of sp³-hybridized carbons (Fsp3) is 0.923. The molecule has 0 spiro atoms. The highest BCUT2D eigenvalue weighted by atomic mass is 16.5. The van der Waals surface area contributed by atoms with Gasteiger partial charge >= 0.3 is 0 Å². The Bertz CT molecular complexity index is 176. The number of hydrogen-bond donors (Lipinski definition) is 2. The second-order valence-electron chi connectivity index (χ2n) is 3.82. The van der Waals surface area contributed by atoms with E-state index < -0.39 is 0 Å². The van der Waals surface area contributed by atoms with E-state index in [9.17, 15) is 4.79 Å². The van der Waals surface area contributed by atoms with Gasteiger partial charge in [0.05, 0.1) is 26.4 Å². The summed E-state index contributed by atoms with van der Waals surface area (Å²) in [7, 11) is 0. The van der Waals surface area contributed by atoms with Crippen LogP contribution in [0.2, 0.25) is 0 Å². The van der Waals surface area contributed by atoms with Crippen molar-refractivity contribution in [2.75, 3.05) is 39.5 Å². The van der Waals surface area contributed by atoms with Crippen LogP contribution in [0.25, 0.3) is 0 Å². The Morgan fingerprint density at radius 3 is 1.94 bits per heavy atom. The molecule has 5 nitrogen and oxygen atoms in total. The molecular weight excluding hydrogens is 232 g/mol. The minimum atomic E-state index is -0.0281. The highest BCUT2D eigenvalue weighted by Gasteiger charge is 1.93. The highest BCUT2D eigenvalue weighted by molar-refractivity contribution is 5.72. The van der Waals surface area contributed by atoms with Crippen LogP contribution in [0.4, 0.5) is 0 Å². The van der Waals surface area contributed by atoms with Gasteiger partial charge in [-0.1, -0.05) is 27.7 Å². The molecule has 5 heteroatoms. The number of amides is 1. The number of ether oxygens (including phenoxy) is 2. The topological polar surface area (TPSA) is 59.6 Å². The van der Waals surface area contributed by atoms with Crippen molar-refractivity contribution >= 4 is 5.91 Å². The molecule has 1 amide bonds. The summed E-state index contributed by atoms with van der Waals surface area (Å²) >= 11 is 0. The standard InChI is InChI=1S/C11H24N2O3.C2H6/c1-10(2)12-4-6-15-8-9-16-7-5-13-11(3)14;1-2/h10,12H,4-9H2,1-3H3,(H,13,14);1-2H3. The van der Waals surface area contributed by atoms with Crippen LogP contribution in [-0.4, -0.2) is 51.5 Å². The molecule has 0 bridgehead atoms. The number of carbonyl (C=O) groups excluding carboxylic acids is 1. The van der Waals surface area contributed by atoms with Crippen molar-refractivity contribution < 1.29 is 14.3 Å². The van der Waals surface area contributed by atoms with E-state index in [2.05, 4.69) is 24.5 Å². The molecule has 0 aromatic carbocycles. The average molecular weight is 262 g/mol. The summed E-state index contributed by atoms with van der Waals surface area (Å²) < 4.78 is 10.6. The zero-order chi connectivity index (χ0) is 14.2. The maximum Gasteiger partial charge on any atom is 0.216 e. The lowest BCUT2D eigenvalue weighted by Crippen LogP contribution is -2.27. The first-order valence-electron chi connectivity index (χ1n) is 6.76. The van der Waals surface area contributed by atoms with Crippen molar-refractivity contribution in [2.45, 2.75) is 40.7 Å². The van der Waals surface area contributed by atoms with E-state index in [1.54, 1.807) is 0 Å². The molecule has 0 saturated heterocycles. The molecule has 0 aromatic rings. The third-order valence-electron chi connectivity index (χ3n) is 1.79. The number of hydrogen-bond acceptors (Lipinski definition) is 4. The number of carbonyl (C=O) groups is 1. The average Bonchev–Trinajstić information content (AvgIpc) is 2.33. The van der Waals surface area contributed by atoms with Gasteiger partial charge in [-0.2, -0.15) is 0 Å². The maximum atomic E-state index is 10.5. The fourth-order valence-electron chi connectivity index (χ4n) is 1.04. The van der Waals surface area contributed by atoms with E-state index in [-0.39, 0.29) is 5.91 Å². The smallest absolute Gasteiger partial charge is 0.216 e. The summed E-state index contributed by atoms with van der Waals surface area (Å²) in [6.45, 7) is 13.5. The molecule has 0 radical (unpaired) electrons. The molecule has 0 rings (SSSR count). The molecule has 0 heterocycles. The predicted octanol–water partition coefficient (Wildman–Crippen LogP) is 1.18. The number of rotatable bonds is 10. The molecule has 0 aliphatic carbocycles. The van der Waals surface area contributed by atoms with Crippen LogP contribution >= 0.6 is 0 Å². The van der Waals surface area contributed by atoms with E-state index in [4.69, 9.17) is 9.47 Å². The van der Waals surface area contributed by atoms with Gasteiger partial charge in [-0.05, 0) is 0 Å². The molecular formula is C13H30N2O3. The van der Waals surface area contributed by atoms with Gasteiger partial charge in [0.1, 0.15) is 0 Å². The summed E-state index contributed by atoms with van der Waals surface area (Å²) in [4.78, 5) is 10.5. The van der Waals surface area contributed by atoms with Gasteiger partial charge in [-0.15, -0.1) is 0 Å². The molecule has 110 valence electrons. The third-order valence-corrected chi connectivity index (χ3v) is 1.79. The van der Waals surface area contributed by atoms with E-state index >= 15 is 0 Å². The second kappa shape index (κ2) is 16.4. The molecule has 0 aliphatic heterocycles. The normalized spacial score (nSPS) is 9.89. The summed E-state index contributed by atoms with van der Waals surface area (Å²) in [5.74, 6) is -0.0281. The first-order chi connectivity index (χ1) is 8.63. The SMILES string of the molecule is CC.CC(=O)NCCOCCOCCNC(C)C. The Hall–Kier alpha value is -0.650. The molecule has 0 fully saturated rings. The van der Waals surface area contributed by atoms with Crippen molar-refractivity contribution in [2.24, 2.45) is 0 Å². The van der Waals surface area contributed by atoms with Crippen molar-refractivity contribution in [3.8, 4) is 0 Å². The van der Waals surface area contributed by atoms with Crippen LogP contribution in [0.15, 0.2) is 0 Å². The third kappa shape index (κ3) is 20.7. The van der Waals surface area contributed by atoms with Crippen LogP contribution in [0, 0.1) is 0 Å². The predicted molar refractivity (Wildman–Crippen MR) is 74.8 cm³/mol. The van der Waals surface area contributed by atoms with E-state index in [0.717, 1.165) is 6.54 Å². The van der Waals surface area contributed by atoms with Gasteiger partial charge in [-0.25, -0.2) is 0 Å². The van der Waals surface area contributed by atoms with Gasteiger partial charge < -0.3 is 20.1 Å². The fourth-order valence-corrected chi connectivity index (χ4v) is 1.04. The molecule has 0 unspecified atom stereocenters. The maximum absolute atomic E-state index is 10.5. The summed E-state index contributed by atoms with van der Waals surface area (Å²) in [5.41, 5.74) is 0. The van der Waals surface area contributed by atoms with Crippen molar-refractivity contribution in [1.29, 1.82) is 0 Å². The van der Waals surface area contributed by atoms with E-state index in [0.29, 0.717) is 39.0 Å². The minimum absolute atomic E-state index is 0.0281. The molecule has 0 saturated carbocycles. The molecule has 0 aromatic heterocycles. The molecule has 18 heavy (non-hydrogen) atoms. The van der Waals surface area contributed by atoms with Gasteiger partial charge in [0.2, 0.25) is 5.91 Å². The van der Waals surface area contributed by atoms with Gasteiger partial charge in [0, 0.05) is 26.1 Å². The monoisotopic (exact) mass is 262 g/mol. The Kier molecular flexibility index (Phi) is 17.9. The zero-order valence-corrected chi connectivity index (χ0v) is 12.5. The summed E-state index contributed by atoms with van der Waals surface area (Å²) in [5, 5.41) is 5.91. The van der Waals surface area contributed by atoms with Crippen LogP contribution in [0.5, 0.6) is 0 Å². The van der Waals surface area contributed by atoms with Crippen molar-refractivity contribution in [1.82, 2.24) is 10.6 Å². The van der Waals surface area contributed by atoms with E-state index in [1.165, 1.54) is 6.92 Å². The van der Waals surface area contributed by atoms with E-state index in [1.807, 2.05) is 13.8 Å². The lowest BCUT2D eigenvalue weighted by atomic mass is 10.4. The second-order valence-corrected chi connectivity index (χ2v) is 3.82. The van der Waals surface area contributed by atoms with Crippen molar-refractivity contribution in [3.63, 3.8) is 0 Å². The van der Waals surface area contributed by atoms with Gasteiger partial charge in [-0.3, -0.25) is 4.79 Å². The summed E-state index contributed by atoms with van der Waals surface area (Å²) in [6.07, 6.45) is 0. The van der Waals surface area contributed by atoms with Crippen LogP contribution in [0.1, 0.15) is 34.6 Å². The zero-order valence-electron chi connectivity index (χ0n) is 12.5. The number of nitrogens with one attached hydrogen (secondary N) is 2. The first kappa shape index (κ1) is 19.7. The van der Waals surface area contributed by atoms with Crippen molar-refractivity contribution in [3.05, 3.63) is 0 Å². The van der Waals surface area contributed by atoms with Crippen LogP contribution in [0.3, 0.4) is 0 Å². The quantitative estimate of drug-likeness (QED) is 0.580. The Morgan fingerprint density at radius 2 is 1.50 bits per heavy atom. The first-order valence-corrected chi connectivity index (χ1v) is 6.76. The van der Waals surface area contributed by atoms with Gasteiger partial charge in [0.15, 0.2) is 0 Å². The lowest BCUT2D eigenvalue weighted by Gasteiger charge is -2.09. The largest absolute Gasteiger partial charge is 0.378 e. The lowest BCUT2D eigenvalue weighted by molar-refractivity contribution is -0.119. The highest BCUT2D eigenvalue weighted by Crippen LogP contribution is 1.80. The molecule has 0 atom stereocenters. The Balaban J connectivity index is 0. The van der Waals surface area contributed by atoms with Crippen LogP contribution < -0.4 is 10.6 Å². The summed E-state index contributed by atoms with van der Waals surface area (Å²) in [6, 6.07) is 0.498.